The summed E-state index contributed by atoms with van der Waals surface area (Å²) in [4.78, 5) is 5.27. The van der Waals surface area contributed by atoms with Gasteiger partial charge in [-0.05, 0) is 33.9 Å². The van der Waals surface area contributed by atoms with Crippen molar-refractivity contribution in [2.75, 3.05) is 33.7 Å². The Hall–Kier alpha value is -0.250. The second kappa shape index (κ2) is 10.5. The molecule has 0 atom stereocenters. The molecule has 8 heteroatoms. The van der Waals surface area contributed by atoms with Crippen molar-refractivity contribution in [3.8, 4) is 0 Å². The van der Waals surface area contributed by atoms with Gasteiger partial charge in [-0.3, -0.25) is 9.89 Å². The minimum absolute atomic E-state index is 0. The average Bonchev–Trinajstić information content (AvgIpc) is 2.19. The smallest absolute Gasteiger partial charge is 0.356 e. The molecule has 0 aromatic carbocycles. The fraction of sp³-hybridized carbons (Fsp3) is 0.909. The molecule has 4 nitrogen and oxygen atoms in total. The second-order valence-electron chi connectivity index (χ2n) is 4.50. The van der Waals surface area contributed by atoms with Crippen LogP contribution in [0.3, 0.4) is 0 Å². The highest BCUT2D eigenvalue weighted by Gasteiger charge is 2.28. The molecule has 0 heterocycles. The summed E-state index contributed by atoms with van der Waals surface area (Å²) in [6, 6.07) is 0.268. The lowest BCUT2D eigenvalue weighted by Crippen LogP contribution is -2.42. The minimum Gasteiger partial charge on any atom is -0.356 e. The summed E-state index contributed by atoms with van der Waals surface area (Å²) in [5, 5.41) is 6.15. The van der Waals surface area contributed by atoms with Crippen LogP contribution in [0.15, 0.2) is 4.99 Å². The Morgan fingerprint density at radius 2 is 1.89 bits per heavy atom. The molecular formula is C11H24F3IN4. The highest BCUT2D eigenvalue weighted by Crippen LogP contribution is 2.15. The number of nitrogens with zero attached hydrogens (tertiary/aromatic N) is 2. The molecule has 0 aromatic heterocycles. The largest absolute Gasteiger partial charge is 0.401 e. The number of nitrogens with one attached hydrogen (secondary N) is 2. The fourth-order valence-electron chi connectivity index (χ4n) is 1.41. The van der Waals surface area contributed by atoms with Crippen LogP contribution in [0.5, 0.6) is 0 Å². The zero-order valence-electron chi connectivity index (χ0n) is 11.8. The van der Waals surface area contributed by atoms with Gasteiger partial charge in [0.1, 0.15) is 0 Å². The topological polar surface area (TPSA) is 39.7 Å². The summed E-state index contributed by atoms with van der Waals surface area (Å²) in [6.45, 7) is 4.10. The van der Waals surface area contributed by atoms with Crippen molar-refractivity contribution in [1.82, 2.24) is 15.5 Å². The number of alkyl halides is 3. The standard InChI is InChI=1S/C11H23F3N4.HI/c1-9(2)17-10(15-3)16-6-5-7-18(4)8-11(12,13)14;/h9H,5-8H2,1-4H3,(H2,15,16,17);1H. The van der Waals surface area contributed by atoms with Crippen LogP contribution in [0.25, 0.3) is 0 Å². The van der Waals surface area contributed by atoms with E-state index in [9.17, 15) is 13.2 Å². The number of rotatable bonds is 6. The molecule has 0 unspecified atom stereocenters. The third kappa shape index (κ3) is 14.0. The van der Waals surface area contributed by atoms with E-state index in [4.69, 9.17) is 0 Å². The highest BCUT2D eigenvalue weighted by molar-refractivity contribution is 14.0. The second-order valence-corrected chi connectivity index (χ2v) is 4.50. The van der Waals surface area contributed by atoms with Crippen LogP contribution in [0.4, 0.5) is 13.2 Å². The Balaban J connectivity index is 0. The first kappa shape index (κ1) is 21.1. The van der Waals surface area contributed by atoms with Gasteiger partial charge in [0.15, 0.2) is 5.96 Å². The maximum absolute atomic E-state index is 12.1. The van der Waals surface area contributed by atoms with E-state index in [0.717, 1.165) is 0 Å². The quantitative estimate of drug-likeness (QED) is 0.313. The molecule has 0 spiro atoms. The summed E-state index contributed by atoms with van der Waals surface area (Å²) in [7, 11) is 3.13. The van der Waals surface area contributed by atoms with Crippen molar-refractivity contribution in [1.29, 1.82) is 0 Å². The summed E-state index contributed by atoms with van der Waals surface area (Å²) in [5.74, 6) is 0.670. The third-order valence-electron chi connectivity index (χ3n) is 2.11. The van der Waals surface area contributed by atoms with Gasteiger partial charge in [0.25, 0.3) is 0 Å². The van der Waals surface area contributed by atoms with Crippen molar-refractivity contribution >= 4 is 29.9 Å². The summed E-state index contributed by atoms with van der Waals surface area (Å²) in [5.41, 5.74) is 0. The zero-order chi connectivity index (χ0) is 14.2. The van der Waals surface area contributed by atoms with Crippen LogP contribution in [-0.2, 0) is 0 Å². The van der Waals surface area contributed by atoms with E-state index in [-0.39, 0.29) is 30.0 Å². The molecule has 0 aliphatic carbocycles. The molecule has 0 bridgehead atoms. The zero-order valence-corrected chi connectivity index (χ0v) is 14.2. The van der Waals surface area contributed by atoms with E-state index in [1.807, 2.05) is 13.8 Å². The van der Waals surface area contributed by atoms with Gasteiger partial charge >= 0.3 is 6.18 Å². The van der Waals surface area contributed by atoms with Gasteiger partial charge in [-0.2, -0.15) is 13.2 Å². The molecule has 116 valence electrons. The number of guanidine groups is 1. The maximum atomic E-state index is 12.1. The Morgan fingerprint density at radius 1 is 1.32 bits per heavy atom. The van der Waals surface area contributed by atoms with Gasteiger partial charge in [0.05, 0.1) is 6.54 Å². The molecule has 0 rings (SSSR count). The van der Waals surface area contributed by atoms with Crippen LogP contribution < -0.4 is 10.6 Å². The Bertz CT molecular complexity index is 257. The molecule has 0 saturated carbocycles. The van der Waals surface area contributed by atoms with E-state index in [1.165, 1.54) is 11.9 Å². The van der Waals surface area contributed by atoms with E-state index < -0.39 is 12.7 Å². The van der Waals surface area contributed by atoms with E-state index >= 15 is 0 Å². The SMILES string of the molecule is CN=C(NCCCN(C)CC(F)(F)F)NC(C)C.I. The fourth-order valence-corrected chi connectivity index (χ4v) is 1.41. The first-order chi connectivity index (χ1) is 8.24. The van der Waals surface area contributed by atoms with Crippen molar-refractivity contribution in [3.63, 3.8) is 0 Å². The first-order valence-corrected chi connectivity index (χ1v) is 5.97. The number of aliphatic imine (C=N–C) groups is 1. The van der Waals surface area contributed by atoms with Gasteiger partial charge < -0.3 is 10.6 Å². The molecule has 0 amide bonds. The van der Waals surface area contributed by atoms with Gasteiger partial charge in [0.2, 0.25) is 0 Å². The molecule has 19 heavy (non-hydrogen) atoms. The molecule has 0 fully saturated rings. The van der Waals surface area contributed by atoms with Crippen molar-refractivity contribution < 1.29 is 13.2 Å². The molecule has 0 aliphatic heterocycles. The Morgan fingerprint density at radius 3 is 2.32 bits per heavy atom. The van der Waals surface area contributed by atoms with Crippen LogP contribution in [-0.4, -0.2) is 56.8 Å². The average molecular weight is 396 g/mol. The summed E-state index contributed by atoms with van der Waals surface area (Å²) < 4.78 is 36.2. The monoisotopic (exact) mass is 396 g/mol. The molecule has 0 radical (unpaired) electrons. The van der Waals surface area contributed by atoms with E-state index in [2.05, 4.69) is 15.6 Å². The van der Waals surface area contributed by atoms with Gasteiger partial charge in [0, 0.05) is 19.6 Å². The van der Waals surface area contributed by atoms with Crippen LogP contribution in [0.1, 0.15) is 20.3 Å². The minimum atomic E-state index is -4.13. The Labute approximate surface area is 130 Å². The molecule has 0 aliphatic rings. The molecule has 0 aromatic rings. The lowest BCUT2D eigenvalue weighted by molar-refractivity contribution is -0.143. The molecule has 2 N–H and O–H groups in total. The van der Waals surface area contributed by atoms with Crippen molar-refractivity contribution in [2.24, 2.45) is 4.99 Å². The predicted molar refractivity (Wildman–Crippen MR) is 83.2 cm³/mol. The third-order valence-corrected chi connectivity index (χ3v) is 2.11. The van der Waals surface area contributed by atoms with Gasteiger partial charge in [-0.1, -0.05) is 0 Å². The number of halogens is 4. The van der Waals surface area contributed by atoms with E-state index in [0.29, 0.717) is 25.5 Å². The van der Waals surface area contributed by atoms with Gasteiger partial charge in [-0.15, -0.1) is 24.0 Å². The highest BCUT2D eigenvalue weighted by atomic mass is 127. The van der Waals surface area contributed by atoms with Crippen LogP contribution >= 0.6 is 24.0 Å². The predicted octanol–water partition coefficient (Wildman–Crippen LogP) is 2.06. The summed E-state index contributed by atoms with van der Waals surface area (Å²) in [6.07, 6.45) is -3.50. The number of hydrogen-bond donors (Lipinski definition) is 2. The lowest BCUT2D eigenvalue weighted by Gasteiger charge is -2.19. The molecule has 0 saturated heterocycles. The lowest BCUT2D eigenvalue weighted by atomic mass is 10.3. The van der Waals surface area contributed by atoms with Crippen LogP contribution in [0.2, 0.25) is 0 Å². The normalized spacial score (nSPS) is 12.6. The molecular weight excluding hydrogens is 372 g/mol. The van der Waals surface area contributed by atoms with Crippen molar-refractivity contribution in [3.05, 3.63) is 0 Å². The van der Waals surface area contributed by atoms with Gasteiger partial charge in [-0.25, -0.2) is 0 Å². The summed E-state index contributed by atoms with van der Waals surface area (Å²) >= 11 is 0. The van der Waals surface area contributed by atoms with E-state index in [1.54, 1.807) is 7.05 Å². The maximum Gasteiger partial charge on any atom is 0.401 e. The Kier molecular flexibility index (Phi) is 11.7. The van der Waals surface area contributed by atoms with Crippen LogP contribution in [0, 0.1) is 0 Å². The first-order valence-electron chi connectivity index (χ1n) is 5.97. The number of hydrogen-bond acceptors (Lipinski definition) is 2. The van der Waals surface area contributed by atoms with Crippen molar-refractivity contribution in [2.45, 2.75) is 32.5 Å².